The fourth-order valence-corrected chi connectivity index (χ4v) is 0.183. The van der Waals surface area contributed by atoms with Crippen LogP contribution >= 0.6 is 0 Å². The van der Waals surface area contributed by atoms with Crippen LogP contribution in [0.1, 0.15) is 13.8 Å². The minimum atomic E-state index is -1.15. The lowest BCUT2D eigenvalue weighted by Gasteiger charge is -2.24. The van der Waals surface area contributed by atoms with Crippen LogP contribution in [-0.2, 0) is 0 Å². The van der Waals surface area contributed by atoms with Crippen LogP contribution in [-0.4, -0.2) is 22.4 Å². The Labute approximate surface area is 50.2 Å². The second-order valence-electron chi connectivity index (χ2n) is 2.42. The van der Waals surface area contributed by atoms with Gasteiger partial charge in [-0.1, -0.05) is 13.8 Å². The van der Waals surface area contributed by atoms with Gasteiger partial charge in [-0.2, -0.15) is 0 Å². The summed E-state index contributed by atoms with van der Waals surface area (Å²) in [6.07, 6.45) is 0. The van der Waals surface area contributed by atoms with E-state index < -0.39 is 5.60 Å². The van der Waals surface area contributed by atoms with Crippen molar-refractivity contribution in [2.75, 3.05) is 6.61 Å². The fraction of sp³-hybridized carbons (Fsp3) is 0.833. The molecule has 0 amide bonds. The van der Waals surface area contributed by atoms with E-state index in [2.05, 4.69) is 6.92 Å². The Bertz CT molecular complexity index is 66.9. The molecule has 2 N–H and O–H groups in total. The molecule has 0 spiro atoms. The molecule has 2 heteroatoms. The van der Waals surface area contributed by atoms with E-state index in [0.717, 1.165) is 0 Å². The summed E-state index contributed by atoms with van der Waals surface area (Å²) in [5.41, 5.74) is -1.15. The van der Waals surface area contributed by atoms with Gasteiger partial charge in [-0.15, -0.1) is 0 Å². The highest BCUT2D eigenvalue weighted by Crippen LogP contribution is 2.13. The third-order valence-electron chi connectivity index (χ3n) is 1.35. The highest BCUT2D eigenvalue weighted by molar-refractivity contribution is 4.82. The van der Waals surface area contributed by atoms with Crippen LogP contribution < -0.4 is 0 Å². The zero-order valence-corrected chi connectivity index (χ0v) is 5.39. The molecule has 0 saturated carbocycles. The molecule has 0 aromatic carbocycles. The molecule has 0 aromatic rings. The molecule has 0 aliphatic rings. The first-order chi connectivity index (χ1) is 3.50. The first-order valence-corrected chi connectivity index (χ1v) is 2.69. The lowest BCUT2D eigenvalue weighted by molar-refractivity contribution is -0.0123. The van der Waals surface area contributed by atoms with Crippen molar-refractivity contribution >= 4 is 0 Å². The zero-order valence-electron chi connectivity index (χ0n) is 5.39. The van der Waals surface area contributed by atoms with Crippen LogP contribution in [0.25, 0.3) is 0 Å². The summed E-state index contributed by atoms with van der Waals surface area (Å²) in [5, 5.41) is 17.5. The van der Waals surface area contributed by atoms with Crippen LogP contribution in [0.3, 0.4) is 0 Å². The Balaban J connectivity index is 3.71. The van der Waals surface area contributed by atoms with Gasteiger partial charge in [-0.25, -0.2) is 0 Å². The maximum absolute atomic E-state index is 9.04. The van der Waals surface area contributed by atoms with Gasteiger partial charge in [0, 0.05) is 0 Å². The predicted molar refractivity (Wildman–Crippen MR) is 32.2 cm³/mol. The fourth-order valence-electron chi connectivity index (χ4n) is 0.183. The van der Waals surface area contributed by atoms with Gasteiger partial charge in [0.25, 0.3) is 0 Å². The first-order valence-electron chi connectivity index (χ1n) is 2.69. The highest BCUT2D eigenvalue weighted by atomic mass is 16.3. The van der Waals surface area contributed by atoms with Crippen molar-refractivity contribution in [3.63, 3.8) is 0 Å². The van der Waals surface area contributed by atoms with Crippen LogP contribution in [0.5, 0.6) is 0 Å². The standard InChI is InChI=1S/C6H13O2/c1-5(2)6(3,8)4-7/h5,7-8H,3-4H2,1-2H3. The molecular weight excluding hydrogens is 104 g/mol. The first kappa shape index (κ1) is 7.92. The van der Waals surface area contributed by atoms with Gasteiger partial charge in [0.15, 0.2) is 0 Å². The van der Waals surface area contributed by atoms with Crippen LogP contribution in [0, 0.1) is 12.8 Å². The van der Waals surface area contributed by atoms with Crippen molar-refractivity contribution in [1.82, 2.24) is 0 Å². The van der Waals surface area contributed by atoms with E-state index in [-0.39, 0.29) is 12.5 Å². The quantitative estimate of drug-likeness (QED) is 0.542. The summed E-state index contributed by atoms with van der Waals surface area (Å²) in [7, 11) is 0. The van der Waals surface area contributed by atoms with Gasteiger partial charge in [-0.05, 0) is 12.8 Å². The minimum Gasteiger partial charge on any atom is -0.393 e. The molecule has 0 bridgehead atoms. The summed E-state index contributed by atoms with van der Waals surface area (Å²) in [6.45, 7) is 6.74. The largest absolute Gasteiger partial charge is 0.393 e. The van der Waals surface area contributed by atoms with Gasteiger partial charge in [0.2, 0.25) is 0 Å². The smallest absolute Gasteiger partial charge is 0.0901 e. The molecule has 0 aliphatic heterocycles. The van der Waals surface area contributed by atoms with Gasteiger partial charge in [-0.3, -0.25) is 0 Å². The molecule has 0 rings (SSSR count). The van der Waals surface area contributed by atoms with E-state index in [1.807, 2.05) is 13.8 Å². The Morgan fingerprint density at radius 3 is 2.00 bits per heavy atom. The molecule has 0 saturated heterocycles. The van der Waals surface area contributed by atoms with E-state index >= 15 is 0 Å². The Kier molecular flexibility index (Phi) is 2.44. The average Bonchev–Trinajstić information content (AvgIpc) is 1.67. The molecule has 2 nitrogen and oxygen atoms in total. The zero-order chi connectivity index (χ0) is 6.78. The lowest BCUT2D eigenvalue weighted by atomic mass is 9.94. The number of rotatable bonds is 2. The number of aliphatic hydroxyl groups is 2. The Morgan fingerprint density at radius 2 is 2.00 bits per heavy atom. The van der Waals surface area contributed by atoms with Crippen molar-refractivity contribution in [3.05, 3.63) is 6.92 Å². The molecule has 49 valence electrons. The van der Waals surface area contributed by atoms with Crippen LogP contribution in [0.15, 0.2) is 0 Å². The third kappa shape index (κ3) is 1.80. The molecule has 1 atom stereocenters. The van der Waals surface area contributed by atoms with Crippen LogP contribution in [0.2, 0.25) is 0 Å². The summed E-state index contributed by atoms with van der Waals surface area (Å²) in [4.78, 5) is 0. The van der Waals surface area contributed by atoms with E-state index in [1.54, 1.807) is 0 Å². The van der Waals surface area contributed by atoms with E-state index in [1.165, 1.54) is 0 Å². The summed E-state index contributed by atoms with van der Waals surface area (Å²) in [5.74, 6) is 0.00694. The number of aliphatic hydroxyl groups excluding tert-OH is 1. The van der Waals surface area contributed by atoms with E-state index in [4.69, 9.17) is 10.2 Å². The van der Waals surface area contributed by atoms with Crippen molar-refractivity contribution in [3.8, 4) is 0 Å². The summed E-state index contributed by atoms with van der Waals surface area (Å²) >= 11 is 0. The number of hydrogen-bond donors (Lipinski definition) is 2. The second-order valence-corrected chi connectivity index (χ2v) is 2.42. The third-order valence-corrected chi connectivity index (χ3v) is 1.35. The molecule has 0 heterocycles. The highest BCUT2D eigenvalue weighted by Gasteiger charge is 2.22. The van der Waals surface area contributed by atoms with Crippen molar-refractivity contribution in [1.29, 1.82) is 0 Å². The summed E-state index contributed by atoms with van der Waals surface area (Å²) < 4.78 is 0. The number of hydrogen-bond acceptors (Lipinski definition) is 2. The molecule has 0 aliphatic carbocycles. The summed E-state index contributed by atoms with van der Waals surface area (Å²) in [6, 6.07) is 0. The maximum atomic E-state index is 9.04. The Morgan fingerprint density at radius 1 is 1.62 bits per heavy atom. The molecule has 0 aromatic heterocycles. The van der Waals surface area contributed by atoms with Gasteiger partial charge >= 0.3 is 0 Å². The van der Waals surface area contributed by atoms with E-state index in [9.17, 15) is 0 Å². The normalized spacial score (nSPS) is 18.8. The van der Waals surface area contributed by atoms with Gasteiger partial charge in [0.1, 0.15) is 0 Å². The van der Waals surface area contributed by atoms with Gasteiger partial charge in [0.05, 0.1) is 12.2 Å². The predicted octanol–water partition coefficient (Wildman–Crippen LogP) is 0.200. The van der Waals surface area contributed by atoms with Crippen molar-refractivity contribution < 1.29 is 10.2 Å². The maximum Gasteiger partial charge on any atom is 0.0901 e. The molecular formula is C6H13O2. The monoisotopic (exact) mass is 117 g/mol. The second kappa shape index (κ2) is 2.46. The van der Waals surface area contributed by atoms with Crippen molar-refractivity contribution in [2.45, 2.75) is 19.4 Å². The minimum absolute atomic E-state index is 0.00694. The van der Waals surface area contributed by atoms with Crippen LogP contribution in [0.4, 0.5) is 0 Å². The van der Waals surface area contributed by atoms with E-state index in [0.29, 0.717) is 0 Å². The molecule has 0 fully saturated rings. The molecule has 8 heavy (non-hydrogen) atoms. The van der Waals surface area contributed by atoms with Gasteiger partial charge < -0.3 is 10.2 Å². The molecule has 1 unspecified atom stereocenters. The average molecular weight is 117 g/mol. The SMILES string of the molecule is [CH2]C(O)(CO)C(C)C. The molecule has 1 radical (unpaired) electrons. The topological polar surface area (TPSA) is 40.5 Å². The lowest BCUT2D eigenvalue weighted by Crippen LogP contribution is -2.35. The Hall–Kier alpha value is -0.0800. The van der Waals surface area contributed by atoms with Crippen molar-refractivity contribution in [2.24, 2.45) is 5.92 Å².